The van der Waals surface area contributed by atoms with Crippen LogP contribution in [0, 0.1) is 5.92 Å². The number of hydrogen-bond donors (Lipinski definition) is 1. The molecule has 0 unspecified atom stereocenters. The number of nitrogens with one attached hydrogen (secondary N) is 1. The summed E-state index contributed by atoms with van der Waals surface area (Å²) in [5, 5.41) is 11.7. The van der Waals surface area contributed by atoms with Crippen molar-refractivity contribution in [1.82, 2.24) is 10.3 Å². The first-order valence-electron chi connectivity index (χ1n) is 8.33. The molecular weight excluding hydrogens is 400 g/mol. The van der Waals surface area contributed by atoms with Crippen molar-refractivity contribution in [2.45, 2.75) is 32.4 Å². The maximum absolute atomic E-state index is 12.8. The average molecular weight is 419 g/mol. The van der Waals surface area contributed by atoms with E-state index in [4.69, 9.17) is 10.1 Å². The second-order valence-electron chi connectivity index (χ2n) is 6.55. The number of nitrogens with zero attached hydrogens (tertiary/aromatic N) is 3. The van der Waals surface area contributed by atoms with Crippen LogP contribution in [0.1, 0.15) is 26.2 Å². The summed E-state index contributed by atoms with van der Waals surface area (Å²) < 4.78 is 0.927. The van der Waals surface area contributed by atoms with E-state index >= 15 is 0 Å². The van der Waals surface area contributed by atoms with E-state index in [1.807, 2.05) is 29.5 Å². The van der Waals surface area contributed by atoms with Crippen LogP contribution in [0.25, 0.3) is 5.70 Å². The van der Waals surface area contributed by atoms with Gasteiger partial charge in [-0.25, -0.2) is 5.01 Å². The smallest absolute Gasteiger partial charge is 0.276 e. The fourth-order valence-corrected chi connectivity index (χ4v) is 4.26. The summed E-state index contributed by atoms with van der Waals surface area (Å²) in [5.74, 6) is 0.245. The van der Waals surface area contributed by atoms with E-state index in [2.05, 4.69) is 34.2 Å². The van der Waals surface area contributed by atoms with E-state index in [0.29, 0.717) is 16.8 Å². The Kier molecular flexibility index (Phi) is 4.45. The average Bonchev–Trinajstić information content (AvgIpc) is 2.61. The highest BCUT2D eigenvalue weighted by atomic mass is 79.9. The van der Waals surface area contributed by atoms with Gasteiger partial charge in [-0.3, -0.25) is 15.1 Å². The number of halogens is 1. The SMILES string of the molecule is CSC1=NN2C(=c3cc(Br)ccc3=N[C@@H]2[C@H]2CC=C(C)CC2)C(=O)N1. The molecule has 4 rings (SSSR count). The number of thioether (sulfide) groups is 1. The molecule has 0 radical (unpaired) electrons. The van der Waals surface area contributed by atoms with Crippen molar-refractivity contribution in [3.8, 4) is 0 Å². The fraction of sp³-hybridized carbons (Fsp3) is 0.389. The number of hydrazone groups is 1. The van der Waals surface area contributed by atoms with Gasteiger partial charge in [0, 0.05) is 15.6 Å². The van der Waals surface area contributed by atoms with Crippen molar-refractivity contribution in [2.24, 2.45) is 16.0 Å². The summed E-state index contributed by atoms with van der Waals surface area (Å²) in [6.45, 7) is 2.18. The van der Waals surface area contributed by atoms with Gasteiger partial charge in [0.2, 0.25) is 0 Å². The lowest BCUT2D eigenvalue weighted by molar-refractivity contribution is -0.116. The number of amides is 1. The molecule has 0 bridgehead atoms. The maximum Gasteiger partial charge on any atom is 0.276 e. The third-order valence-electron chi connectivity index (χ3n) is 4.89. The zero-order valence-corrected chi connectivity index (χ0v) is 16.5. The molecule has 0 fully saturated rings. The van der Waals surface area contributed by atoms with Gasteiger partial charge < -0.3 is 0 Å². The molecule has 0 aromatic heterocycles. The lowest BCUT2D eigenvalue weighted by Gasteiger charge is -2.38. The van der Waals surface area contributed by atoms with Crippen molar-refractivity contribution in [3.63, 3.8) is 0 Å². The number of rotatable bonds is 1. The number of hydrogen-bond acceptors (Lipinski definition) is 5. The molecule has 25 heavy (non-hydrogen) atoms. The van der Waals surface area contributed by atoms with Crippen molar-refractivity contribution < 1.29 is 4.79 Å². The largest absolute Gasteiger partial charge is 0.298 e. The lowest BCUT2D eigenvalue weighted by Crippen LogP contribution is -2.54. The first kappa shape index (κ1) is 16.8. The molecule has 5 nitrogen and oxygen atoms in total. The summed E-state index contributed by atoms with van der Waals surface area (Å²) in [6, 6.07) is 5.89. The lowest BCUT2D eigenvalue weighted by atomic mass is 9.87. The number of fused-ring (bicyclic) bond motifs is 2. The Hall–Kier alpha value is -1.60. The Labute approximate surface area is 159 Å². The minimum atomic E-state index is -0.138. The maximum atomic E-state index is 12.8. The van der Waals surface area contributed by atoms with Crippen LogP contribution in [-0.2, 0) is 4.79 Å². The number of carbonyl (C=O) groups excluding carboxylic acids is 1. The molecule has 0 saturated heterocycles. The van der Waals surface area contributed by atoms with Crippen molar-refractivity contribution >= 4 is 44.5 Å². The molecule has 1 aromatic rings. The van der Waals surface area contributed by atoms with Crippen LogP contribution in [0.4, 0.5) is 0 Å². The van der Waals surface area contributed by atoms with E-state index in [1.54, 1.807) is 0 Å². The first-order chi connectivity index (χ1) is 12.1. The molecule has 0 saturated carbocycles. The van der Waals surface area contributed by atoms with E-state index in [1.165, 1.54) is 17.3 Å². The zero-order chi connectivity index (χ0) is 17.6. The van der Waals surface area contributed by atoms with E-state index < -0.39 is 0 Å². The minimum Gasteiger partial charge on any atom is -0.298 e. The predicted molar refractivity (Wildman–Crippen MR) is 104 cm³/mol. The summed E-state index contributed by atoms with van der Waals surface area (Å²) in [4.78, 5) is 17.8. The molecule has 2 heterocycles. The summed E-state index contributed by atoms with van der Waals surface area (Å²) >= 11 is 4.94. The quantitative estimate of drug-likeness (QED) is 0.711. The van der Waals surface area contributed by atoms with Crippen LogP contribution < -0.4 is 15.9 Å². The van der Waals surface area contributed by atoms with Gasteiger partial charge >= 0.3 is 0 Å². The highest BCUT2D eigenvalue weighted by Crippen LogP contribution is 2.32. The van der Waals surface area contributed by atoms with Gasteiger partial charge in [0.15, 0.2) is 5.17 Å². The van der Waals surface area contributed by atoms with Crippen LogP contribution in [0.2, 0.25) is 0 Å². The first-order valence-corrected chi connectivity index (χ1v) is 10.3. The molecule has 3 aliphatic rings. The Balaban J connectivity index is 1.89. The second-order valence-corrected chi connectivity index (χ2v) is 8.26. The van der Waals surface area contributed by atoms with E-state index in [9.17, 15) is 4.79 Å². The van der Waals surface area contributed by atoms with Gasteiger partial charge in [-0.15, -0.1) is 5.10 Å². The monoisotopic (exact) mass is 418 g/mol. The van der Waals surface area contributed by atoms with Gasteiger partial charge in [0.05, 0.1) is 5.36 Å². The van der Waals surface area contributed by atoms with E-state index in [-0.39, 0.29) is 12.1 Å². The highest BCUT2D eigenvalue weighted by Gasteiger charge is 2.37. The van der Waals surface area contributed by atoms with Gasteiger partial charge in [-0.2, -0.15) is 0 Å². The summed E-state index contributed by atoms with van der Waals surface area (Å²) in [5.41, 5.74) is 2.03. The molecule has 2 aliphatic heterocycles. The molecule has 0 spiro atoms. The summed E-state index contributed by atoms with van der Waals surface area (Å²) in [6.07, 6.45) is 7.19. The number of benzene rings is 1. The van der Waals surface area contributed by atoms with Crippen molar-refractivity contribution in [2.75, 3.05) is 6.26 Å². The highest BCUT2D eigenvalue weighted by molar-refractivity contribution is 9.10. The van der Waals surface area contributed by atoms with E-state index in [0.717, 1.165) is 34.3 Å². The minimum absolute atomic E-state index is 0.110. The van der Waals surface area contributed by atoms with Crippen LogP contribution in [0.15, 0.2) is 44.4 Å². The fourth-order valence-electron chi connectivity index (χ4n) is 3.53. The Morgan fingerprint density at radius 2 is 2.24 bits per heavy atom. The van der Waals surface area contributed by atoms with Crippen LogP contribution in [0.5, 0.6) is 0 Å². The number of allylic oxidation sites excluding steroid dienone is 2. The third-order valence-corrected chi connectivity index (χ3v) is 5.96. The number of amidine groups is 1. The van der Waals surface area contributed by atoms with Gasteiger partial charge in [-0.1, -0.05) is 39.3 Å². The predicted octanol–water partition coefficient (Wildman–Crippen LogP) is 2.33. The van der Waals surface area contributed by atoms with Gasteiger partial charge in [0.1, 0.15) is 11.9 Å². The topological polar surface area (TPSA) is 57.1 Å². The molecule has 1 amide bonds. The van der Waals surface area contributed by atoms with Gasteiger partial charge in [-0.05, 0) is 50.6 Å². The molecule has 1 aliphatic carbocycles. The molecule has 130 valence electrons. The standard InChI is InChI=1S/C18H19BrN4OS/c1-10-3-5-11(6-4-10)16-20-14-8-7-12(19)9-13(14)15-17(24)21-18(25-2)22-23(15)16/h3,7-9,11,16H,4-6H2,1-2H3,(H,21,22,24)/t11-,16-/m0/s1. The molecular formula is C18H19BrN4OS. The second kappa shape index (κ2) is 6.61. The van der Waals surface area contributed by atoms with Crippen molar-refractivity contribution in [3.05, 3.63) is 44.9 Å². The summed E-state index contributed by atoms with van der Waals surface area (Å²) in [7, 11) is 0. The zero-order valence-electron chi connectivity index (χ0n) is 14.1. The van der Waals surface area contributed by atoms with Crippen molar-refractivity contribution in [1.29, 1.82) is 0 Å². The molecule has 2 atom stereocenters. The third kappa shape index (κ3) is 3.04. The normalized spacial score (nSPS) is 25.3. The van der Waals surface area contributed by atoms with Crippen LogP contribution in [0.3, 0.4) is 0 Å². The molecule has 1 N–H and O–H groups in total. The molecule has 1 aromatic carbocycles. The molecule has 7 heteroatoms. The Morgan fingerprint density at radius 3 is 2.96 bits per heavy atom. The van der Waals surface area contributed by atoms with Gasteiger partial charge in [0.25, 0.3) is 5.91 Å². The number of carbonyl (C=O) groups is 1. The Bertz CT molecular complexity index is 923. The Morgan fingerprint density at radius 1 is 1.40 bits per heavy atom. The van der Waals surface area contributed by atoms with Crippen LogP contribution in [-0.4, -0.2) is 28.5 Å². The van der Waals surface area contributed by atoms with Crippen LogP contribution >= 0.6 is 27.7 Å².